The fraction of sp³-hybridized carbons (Fsp3) is 0.500. The fourth-order valence-corrected chi connectivity index (χ4v) is 3.34. The molecular formula is C14H20FNO4S. The highest BCUT2D eigenvalue weighted by atomic mass is 32.2. The van der Waals surface area contributed by atoms with Crippen LogP contribution in [0.25, 0.3) is 0 Å². The first kappa shape index (κ1) is 17.6. The molecular weight excluding hydrogens is 297 g/mol. The van der Waals surface area contributed by atoms with Gasteiger partial charge in [-0.3, -0.25) is 0 Å². The zero-order valence-corrected chi connectivity index (χ0v) is 13.5. The van der Waals surface area contributed by atoms with E-state index in [1.165, 1.54) is 7.05 Å². The SMILES string of the molecule is CC(N(C)S(=O)(=O)c1ccc(C(=O)O)cc1F)C(C)(C)C. The minimum atomic E-state index is -4.03. The summed E-state index contributed by atoms with van der Waals surface area (Å²) in [7, 11) is -2.64. The zero-order valence-electron chi connectivity index (χ0n) is 12.7. The number of hydrogen-bond donors (Lipinski definition) is 1. The molecule has 0 aliphatic heterocycles. The first-order valence-electron chi connectivity index (χ1n) is 6.40. The Labute approximate surface area is 124 Å². The number of carboxylic acids is 1. The van der Waals surface area contributed by atoms with Gasteiger partial charge in [0.05, 0.1) is 5.56 Å². The van der Waals surface area contributed by atoms with E-state index >= 15 is 0 Å². The van der Waals surface area contributed by atoms with Gasteiger partial charge in [-0.1, -0.05) is 20.8 Å². The van der Waals surface area contributed by atoms with Gasteiger partial charge < -0.3 is 5.11 Å². The Morgan fingerprint density at radius 1 is 1.33 bits per heavy atom. The molecule has 0 saturated heterocycles. The Hall–Kier alpha value is -1.47. The highest BCUT2D eigenvalue weighted by Gasteiger charge is 2.34. The molecule has 5 nitrogen and oxygen atoms in total. The average molecular weight is 317 g/mol. The van der Waals surface area contributed by atoms with Crippen LogP contribution in [0.3, 0.4) is 0 Å². The lowest BCUT2D eigenvalue weighted by molar-refractivity contribution is 0.0696. The summed E-state index contributed by atoms with van der Waals surface area (Å²) >= 11 is 0. The first-order chi connectivity index (χ1) is 9.39. The average Bonchev–Trinajstić information content (AvgIpc) is 2.35. The highest BCUT2D eigenvalue weighted by molar-refractivity contribution is 7.89. The molecule has 21 heavy (non-hydrogen) atoms. The van der Waals surface area contributed by atoms with Gasteiger partial charge in [-0.2, -0.15) is 4.31 Å². The molecule has 0 saturated carbocycles. The quantitative estimate of drug-likeness (QED) is 0.926. The Morgan fingerprint density at radius 3 is 2.24 bits per heavy atom. The number of aromatic carboxylic acids is 1. The van der Waals surface area contributed by atoms with Gasteiger partial charge in [0, 0.05) is 13.1 Å². The van der Waals surface area contributed by atoms with Gasteiger partial charge in [0.2, 0.25) is 10.0 Å². The summed E-state index contributed by atoms with van der Waals surface area (Å²) in [6.45, 7) is 7.38. The molecule has 0 spiro atoms. The minimum absolute atomic E-state index is 0.294. The van der Waals surface area contributed by atoms with Crippen LogP contribution in [-0.4, -0.2) is 36.9 Å². The third-order valence-electron chi connectivity index (χ3n) is 3.63. The summed E-state index contributed by atoms with van der Waals surface area (Å²) in [5.41, 5.74) is -0.614. The van der Waals surface area contributed by atoms with Gasteiger partial charge in [-0.05, 0) is 30.5 Å². The van der Waals surface area contributed by atoms with E-state index in [9.17, 15) is 17.6 Å². The van der Waals surface area contributed by atoms with E-state index in [0.717, 1.165) is 16.4 Å². The number of carboxylic acid groups (broad SMARTS) is 1. The number of nitrogens with zero attached hydrogens (tertiary/aromatic N) is 1. The molecule has 0 bridgehead atoms. The molecule has 7 heteroatoms. The second kappa shape index (κ2) is 5.73. The molecule has 0 heterocycles. The molecule has 118 valence electrons. The lowest BCUT2D eigenvalue weighted by Gasteiger charge is -2.34. The molecule has 1 atom stereocenters. The van der Waals surface area contributed by atoms with Gasteiger partial charge >= 0.3 is 5.97 Å². The van der Waals surface area contributed by atoms with E-state index < -0.39 is 26.7 Å². The summed E-state index contributed by atoms with van der Waals surface area (Å²) in [5.74, 6) is -2.38. The van der Waals surface area contributed by atoms with Crippen molar-refractivity contribution in [2.75, 3.05) is 7.05 Å². The predicted molar refractivity (Wildman–Crippen MR) is 77.2 cm³/mol. The Kier molecular flexibility index (Phi) is 4.80. The van der Waals surface area contributed by atoms with Crippen LogP contribution in [0.15, 0.2) is 23.1 Å². The van der Waals surface area contributed by atoms with Crippen LogP contribution in [-0.2, 0) is 10.0 Å². The van der Waals surface area contributed by atoms with Crippen molar-refractivity contribution in [1.82, 2.24) is 4.31 Å². The van der Waals surface area contributed by atoms with Crippen molar-refractivity contribution in [2.24, 2.45) is 5.41 Å². The maximum absolute atomic E-state index is 14.0. The van der Waals surface area contributed by atoms with Crippen molar-refractivity contribution in [2.45, 2.75) is 38.6 Å². The number of sulfonamides is 1. The van der Waals surface area contributed by atoms with E-state index in [0.29, 0.717) is 6.07 Å². The van der Waals surface area contributed by atoms with E-state index in [4.69, 9.17) is 5.11 Å². The first-order valence-corrected chi connectivity index (χ1v) is 7.84. The zero-order chi connectivity index (χ0) is 16.6. The van der Waals surface area contributed by atoms with Gasteiger partial charge in [0.25, 0.3) is 0 Å². The van der Waals surface area contributed by atoms with Crippen LogP contribution in [0.4, 0.5) is 4.39 Å². The second-order valence-electron chi connectivity index (χ2n) is 6.01. The molecule has 1 rings (SSSR count). The van der Waals surface area contributed by atoms with E-state index in [1.54, 1.807) is 6.92 Å². The number of carbonyl (C=O) groups is 1. The highest BCUT2D eigenvalue weighted by Crippen LogP contribution is 2.28. The largest absolute Gasteiger partial charge is 0.478 e. The standard InChI is InChI=1S/C14H20FNO4S/c1-9(14(2,3)4)16(5)21(19,20)12-7-6-10(13(17)18)8-11(12)15/h6-9H,1-5H3,(H,17,18). The Bertz CT molecular complexity index is 649. The van der Waals surface area contributed by atoms with Crippen LogP contribution in [0, 0.1) is 11.2 Å². The summed E-state index contributed by atoms with van der Waals surface area (Å²) in [6.07, 6.45) is 0. The minimum Gasteiger partial charge on any atom is -0.478 e. The summed E-state index contributed by atoms with van der Waals surface area (Å²) in [5, 5.41) is 8.78. The summed E-state index contributed by atoms with van der Waals surface area (Å²) in [4.78, 5) is 10.2. The van der Waals surface area contributed by atoms with Crippen LogP contribution in [0.2, 0.25) is 0 Å². The predicted octanol–water partition coefficient (Wildman–Crippen LogP) is 2.58. The van der Waals surface area contributed by atoms with Crippen molar-refractivity contribution in [1.29, 1.82) is 0 Å². The second-order valence-corrected chi connectivity index (χ2v) is 7.98. The summed E-state index contributed by atoms with van der Waals surface area (Å²) in [6, 6.07) is 2.42. The van der Waals surface area contributed by atoms with E-state index in [1.807, 2.05) is 20.8 Å². The molecule has 0 aromatic heterocycles. The third kappa shape index (κ3) is 3.59. The van der Waals surface area contributed by atoms with Crippen LogP contribution < -0.4 is 0 Å². The fourth-order valence-electron chi connectivity index (χ4n) is 1.75. The summed E-state index contributed by atoms with van der Waals surface area (Å²) < 4.78 is 40.0. The smallest absolute Gasteiger partial charge is 0.335 e. The Morgan fingerprint density at radius 2 is 1.86 bits per heavy atom. The monoisotopic (exact) mass is 317 g/mol. The molecule has 0 radical (unpaired) electrons. The van der Waals surface area contributed by atoms with Gasteiger partial charge in [-0.25, -0.2) is 17.6 Å². The molecule has 1 N–H and O–H groups in total. The van der Waals surface area contributed by atoms with E-state index in [2.05, 4.69) is 0 Å². The molecule has 1 aromatic rings. The third-order valence-corrected chi connectivity index (χ3v) is 5.60. The van der Waals surface area contributed by atoms with Gasteiger partial charge in [-0.15, -0.1) is 0 Å². The van der Waals surface area contributed by atoms with Crippen LogP contribution in [0.5, 0.6) is 0 Å². The van der Waals surface area contributed by atoms with Crippen molar-refractivity contribution in [3.63, 3.8) is 0 Å². The number of halogens is 1. The lowest BCUT2D eigenvalue weighted by atomic mass is 9.88. The van der Waals surface area contributed by atoms with Crippen LogP contribution >= 0.6 is 0 Å². The van der Waals surface area contributed by atoms with Crippen molar-refractivity contribution < 1.29 is 22.7 Å². The van der Waals surface area contributed by atoms with Gasteiger partial charge in [0.1, 0.15) is 10.7 Å². The molecule has 0 fully saturated rings. The molecule has 0 amide bonds. The molecule has 0 aliphatic carbocycles. The van der Waals surface area contributed by atoms with E-state index in [-0.39, 0.29) is 17.0 Å². The maximum atomic E-state index is 14.0. The van der Waals surface area contributed by atoms with Gasteiger partial charge in [0.15, 0.2) is 0 Å². The molecule has 0 aliphatic rings. The van der Waals surface area contributed by atoms with Crippen molar-refractivity contribution in [3.8, 4) is 0 Å². The molecule has 1 aromatic carbocycles. The normalized spacial score (nSPS) is 14.2. The number of benzene rings is 1. The van der Waals surface area contributed by atoms with Crippen molar-refractivity contribution in [3.05, 3.63) is 29.6 Å². The maximum Gasteiger partial charge on any atom is 0.335 e. The lowest BCUT2D eigenvalue weighted by Crippen LogP contribution is -2.43. The van der Waals surface area contributed by atoms with Crippen LogP contribution in [0.1, 0.15) is 38.1 Å². The van der Waals surface area contributed by atoms with Crippen molar-refractivity contribution >= 4 is 16.0 Å². The molecule has 1 unspecified atom stereocenters. The number of hydrogen-bond acceptors (Lipinski definition) is 3. The Balaban J connectivity index is 3.29. The number of rotatable bonds is 4. The topological polar surface area (TPSA) is 74.7 Å².